The Kier molecular flexibility index (Phi) is 10.7. The van der Waals surface area contributed by atoms with Crippen LogP contribution in [0.25, 0.3) is 0 Å². The van der Waals surface area contributed by atoms with Crippen LogP contribution in [0.1, 0.15) is 24.0 Å². The lowest BCUT2D eigenvalue weighted by atomic mass is 10.0. The molecule has 0 heterocycles. The zero-order valence-electron chi connectivity index (χ0n) is 19.4. The van der Waals surface area contributed by atoms with Gasteiger partial charge >= 0.3 is 11.9 Å². The molecule has 2 rings (SSSR count). The molecule has 2 N–H and O–H groups in total. The van der Waals surface area contributed by atoms with Crippen molar-refractivity contribution in [1.82, 2.24) is 4.90 Å². The molecule has 0 aliphatic heterocycles. The first kappa shape index (κ1) is 26.2. The number of aryl methyl sites for hydroxylation is 2. The summed E-state index contributed by atoms with van der Waals surface area (Å²) in [6, 6.07) is 15.7. The molecule has 180 valence electrons. The molecule has 0 radical (unpaired) electrons. The largest absolute Gasteiger partial charge is 0.497 e. The smallest absolute Gasteiger partial charge is 0.332 e. The maximum absolute atomic E-state index is 12.1. The number of rotatable bonds is 14. The lowest BCUT2D eigenvalue weighted by molar-refractivity contribution is -0.153. The van der Waals surface area contributed by atoms with E-state index in [1.807, 2.05) is 67.5 Å². The van der Waals surface area contributed by atoms with Gasteiger partial charge in [0.05, 0.1) is 7.11 Å². The van der Waals surface area contributed by atoms with Gasteiger partial charge in [0, 0.05) is 13.0 Å². The second-order valence-electron chi connectivity index (χ2n) is 8.03. The second kappa shape index (κ2) is 13.4. The maximum atomic E-state index is 12.1. The topological polar surface area (TPSA) is 106 Å². The minimum atomic E-state index is -1.58. The van der Waals surface area contributed by atoms with Crippen molar-refractivity contribution in [3.05, 3.63) is 59.7 Å². The number of esters is 1. The number of aliphatic hydroxyl groups excluding tert-OH is 1. The van der Waals surface area contributed by atoms with Crippen LogP contribution in [0.15, 0.2) is 48.5 Å². The van der Waals surface area contributed by atoms with E-state index in [1.165, 1.54) is 5.56 Å². The van der Waals surface area contributed by atoms with Gasteiger partial charge in [-0.1, -0.05) is 30.3 Å². The number of ether oxygens (including phenoxy) is 3. The van der Waals surface area contributed by atoms with E-state index in [0.29, 0.717) is 6.54 Å². The highest BCUT2D eigenvalue weighted by Crippen LogP contribution is 2.21. The molecule has 0 spiro atoms. The molecule has 0 saturated heterocycles. The van der Waals surface area contributed by atoms with E-state index in [9.17, 15) is 14.7 Å². The highest BCUT2D eigenvalue weighted by Gasteiger charge is 2.20. The number of benzene rings is 2. The van der Waals surface area contributed by atoms with E-state index in [1.54, 1.807) is 7.11 Å². The number of hydrogen-bond acceptors (Lipinski definition) is 7. The third kappa shape index (κ3) is 9.51. The summed E-state index contributed by atoms with van der Waals surface area (Å²) in [5.74, 6) is -0.380. The van der Waals surface area contributed by atoms with Crippen LogP contribution in [-0.2, 0) is 27.2 Å². The number of hydrogen-bond donors (Lipinski definition) is 2. The van der Waals surface area contributed by atoms with Gasteiger partial charge in [-0.05, 0) is 62.7 Å². The van der Waals surface area contributed by atoms with E-state index in [2.05, 4.69) is 0 Å². The van der Waals surface area contributed by atoms with Crippen LogP contribution < -0.4 is 9.47 Å². The zero-order valence-corrected chi connectivity index (χ0v) is 19.4. The Balaban J connectivity index is 1.94. The van der Waals surface area contributed by atoms with Crippen LogP contribution in [-0.4, -0.2) is 73.6 Å². The summed E-state index contributed by atoms with van der Waals surface area (Å²) in [4.78, 5) is 24.7. The van der Waals surface area contributed by atoms with Gasteiger partial charge in [-0.15, -0.1) is 0 Å². The maximum Gasteiger partial charge on any atom is 0.332 e. The van der Waals surface area contributed by atoms with Crippen molar-refractivity contribution in [3.63, 3.8) is 0 Å². The summed E-state index contributed by atoms with van der Waals surface area (Å²) < 4.78 is 16.7. The molecule has 8 heteroatoms. The molecule has 0 aromatic heterocycles. The lowest BCUT2D eigenvalue weighted by Gasteiger charge is -2.22. The summed E-state index contributed by atoms with van der Waals surface area (Å²) in [6.45, 7) is 0.603. The minimum absolute atomic E-state index is 0.158. The van der Waals surface area contributed by atoms with Gasteiger partial charge in [-0.25, -0.2) is 4.79 Å². The number of carbonyl (C=O) groups excluding carboxylic acids is 1. The van der Waals surface area contributed by atoms with E-state index < -0.39 is 24.1 Å². The highest BCUT2D eigenvalue weighted by molar-refractivity contribution is 5.74. The molecule has 2 atom stereocenters. The van der Waals surface area contributed by atoms with Gasteiger partial charge in [0.2, 0.25) is 0 Å². The molecule has 0 unspecified atom stereocenters. The number of aliphatic hydroxyl groups is 1. The fraction of sp³-hybridized carbons (Fsp3) is 0.440. The first-order valence-electron chi connectivity index (χ1n) is 10.9. The molecule has 2 aromatic carbocycles. The third-order valence-electron chi connectivity index (χ3n) is 5.01. The van der Waals surface area contributed by atoms with Gasteiger partial charge in [-0.3, -0.25) is 4.79 Å². The van der Waals surface area contributed by atoms with E-state index in [-0.39, 0.29) is 19.4 Å². The number of methoxy groups -OCH3 is 1. The Bertz CT molecular complexity index is 883. The highest BCUT2D eigenvalue weighted by atomic mass is 16.6. The van der Waals surface area contributed by atoms with Gasteiger partial charge < -0.3 is 29.3 Å². The molecule has 0 aliphatic carbocycles. The number of carboxylic acid groups (broad SMARTS) is 1. The number of aliphatic carboxylic acids is 1. The van der Waals surface area contributed by atoms with Crippen LogP contribution in [0.5, 0.6) is 11.5 Å². The van der Waals surface area contributed by atoms with Crippen molar-refractivity contribution < 1.29 is 34.0 Å². The van der Waals surface area contributed by atoms with Crippen LogP contribution >= 0.6 is 0 Å². The number of para-hydroxylation sites is 1. The molecule has 2 aromatic rings. The van der Waals surface area contributed by atoms with Gasteiger partial charge in [0.1, 0.15) is 24.2 Å². The predicted octanol–water partition coefficient (Wildman–Crippen LogP) is 2.56. The number of likely N-dealkylation sites (N-methyl/N-ethyl adjacent to an activating group) is 1. The van der Waals surface area contributed by atoms with E-state index in [4.69, 9.17) is 19.3 Å². The van der Waals surface area contributed by atoms with Crippen molar-refractivity contribution in [2.75, 3.05) is 34.4 Å². The fourth-order valence-electron chi connectivity index (χ4n) is 3.26. The van der Waals surface area contributed by atoms with Gasteiger partial charge in [-0.2, -0.15) is 0 Å². The molecule has 0 amide bonds. The average Bonchev–Trinajstić information content (AvgIpc) is 2.80. The van der Waals surface area contributed by atoms with Crippen molar-refractivity contribution in [1.29, 1.82) is 0 Å². The quantitative estimate of drug-likeness (QED) is 0.415. The summed E-state index contributed by atoms with van der Waals surface area (Å²) >= 11 is 0. The number of nitrogens with zero attached hydrogens (tertiary/aromatic N) is 1. The average molecular weight is 460 g/mol. The van der Waals surface area contributed by atoms with Crippen LogP contribution in [0.2, 0.25) is 0 Å². The Hall–Kier alpha value is -3.10. The molecule has 0 bridgehead atoms. The fourth-order valence-corrected chi connectivity index (χ4v) is 3.26. The Labute approximate surface area is 194 Å². The van der Waals surface area contributed by atoms with Crippen molar-refractivity contribution in [2.45, 2.75) is 37.9 Å². The van der Waals surface area contributed by atoms with Crippen molar-refractivity contribution in [3.8, 4) is 11.5 Å². The van der Waals surface area contributed by atoms with Crippen molar-refractivity contribution >= 4 is 11.9 Å². The van der Waals surface area contributed by atoms with Gasteiger partial charge in [0.25, 0.3) is 0 Å². The van der Waals surface area contributed by atoms with Crippen LogP contribution in [0, 0.1) is 0 Å². The van der Waals surface area contributed by atoms with E-state index in [0.717, 1.165) is 29.9 Å². The molecule has 33 heavy (non-hydrogen) atoms. The Morgan fingerprint density at radius 3 is 2.36 bits per heavy atom. The molecule has 0 aliphatic rings. The molecule has 0 fully saturated rings. The first-order valence-corrected chi connectivity index (χ1v) is 10.9. The van der Waals surface area contributed by atoms with Crippen molar-refractivity contribution in [2.24, 2.45) is 0 Å². The third-order valence-corrected chi connectivity index (χ3v) is 5.01. The number of carbonyl (C=O) groups is 2. The Morgan fingerprint density at radius 1 is 1.03 bits per heavy atom. The summed E-state index contributed by atoms with van der Waals surface area (Å²) in [5, 5.41) is 18.1. The molecule has 8 nitrogen and oxygen atoms in total. The number of carboxylic acids is 1. The molecule has 0 saturated carbocycles. The predicted molar refractivity (Wildman–Crippen MR) is 124 cm³/mol. The minimum Gasteiger partial charge on any atom is -0.497 e. The molecular formula is C25H33NO7. The summed E-state index contributed by atoms with van der Waals surface area (Å²) in [7, 11) is 5.36. The standard InChI is InChI=1S/C25H33NO7/c1-26(2)16-21(33-24(28)15-14-22(27)25(29)30)17-32-23-7-5-4-6-19(23)11-8-18-9-12-20(31-3)13-10-18/h4-7,9-10,12-13,21-22,27H,8,11,14-17H2,1-3H3,(H,29,30)/t21-,22-/m1/s1. The monoisotopic (exact) mass is 459 g/mol. The van der Waals surface area contributed by atoms with Crippen LogP contribution in [0.4, 0.5) is 0 Å². The summed E-state index contributed by atoms with van der Waals surface area (Å²) in [5.41, 5.74) is 2.24. The summed E-state index contributed by atoms with van der Waals surface area (Å²) in [6.07, 6.45) is -0.879. The lowest BCUT2D eigenvalue weighted by Crippen LogP contribution is -2.35. The first-order chi connectivity index (χ1) is 15.8. The van der Waals surface area contributed by atoms with Gasteiger partial charge in [0.15, 0.2) is 6.10 Å². The zero-order chi connectivity index (χ0) is 24.2. The second-order valence-corrected chi connectivity index (χ2v) is 8.03. The van der Waals surface area contributed by atoms with E-state index >= 15 is 0 Å². The normalized spacial score (nSPS) is 12.8. The SMILES string of the molecule is COc1ccc(CCc2ccccc2OC[C@@H](CN(C)C)OC(=O)CC[C@@H](O)C(=O)O)cc1. The van der Waals surface area contributed by atoms with Crippen LogP contribution in [0.3, 0.4) is 0 Å². The molecular weight excluding hydrogens is 426 g/mol. The Morgan fingerprint density at radius 2 is 1.73 bits per heavy atom.